The van der Waals surface area contributed by atoms with E-state index in [4.69, 9.17) is 0 Å². The monoisotopic (exact) mass is 297 g/mol. The first-order valence-electron chi connectivity index (χ1n) is 6.21. The van der Waals surface area contributed by atoms with Crippen LogP contribution < -0.4 is 5.32 Å². The van der Waals surface area contributed by atoms with Crippen LogP contribution in [-0.2, 0) is 0 Å². The molecule has 6 nitrogen and oxygen atoms in total. The number of carbonyl (C=O) groups is 1. The molecule has 0 atom stereocenters. The molecule has 0 amide bonds. The van der Waals surface area contributed by atoms with Gasteiger partial charge in [0.25, 0.3) is 0 Å². The molecule has 3 aromatic rings. The number of anilines is 2. The third kappa shape index (κ3) is 2.92. The molecule has 0 aliphatic carbocycles. The molecular weight excluding hydrogens is 286 g/mol. The van der Waals surface area contributed by atoms with Gasteiger partial charge in [-0.15, -0.1) is 0 Å². The number of ketones is 1. The maximum absolute atomic E-state index is 11.8. The molecule has 0 aliphatic rings. The van der Waals surface area contributed by atoms with Crippen molar-refractivity contribution >= 4 is 28.2 Å². The molecule has 0 unspecified atom stereocenters. The van der Waals surface area contributed by atoms with Crippen LogP contribution in [0.1, 0.15) is 16.6 Å². The molecule has 0 saturated carbocycles. The van der Waals surface area contributed by atoms with Gasteiger partial charge in [-0.3, -0.25) is 9.78 Å². The van der Waals surface area contributed by atoms with E-state index < -0.39 is 0 Å². The van der Waals surface area contributed by atoms with Crippen molar-refractivity contribution in [3.63, 3.8) is 0 Å². The number of hydrogen-bond donors (Lipinski definition) is 1. The molecule has 0 aromatic carbocycles. The zero-order valence-corrected chi connectivity index (χ0v) is 12.0. The number of nitrogens with zero attached hydrogens (tertiary/aromatic N) is 4. The van der Waals surface area contributed by atoms with Crippen LogP contribution in [0.25, 0.3) is 11.4 Å². The van der Waals surface area contributed by atoms with Crippen molar-refractivity contribution in [1.29, 1.82) is 0 Å². The van der Waals surface area contributed by atoms with Gasteiger partial charge in [0.1, 0.15) is 10.6 Å². The summed E-state index contributed by atoms with van der Waals surface area (Å²) >= 11 is 1.27. The van der Waals surface area contributed by atoms with Crippen LogP contribution >= 0.6 is 11.3 Å². The number of nitrogens with one attached hydrogen (secondary N) is 1. The highest BCUT2D eigenvalue weighted by Crippen LogP contribution is 2.31. The van der Waals surface area contributed by atoms with Crippen LogP contribution in [0, 0.1) is 0 Å². The summed E-state index contributed by atoms with van der Waals surface area (Å²) in [5.74, 6) is 0.393. The third-order valence-electron chi connectivity index (χ3n) is 2.64. The van der Waals surface area contributed by atoms with Crippen LogP contribution in [0.15, 0.2) is 42.9 Å². The minimum absolute atomic E-state index is 0.0461. The molecule has 0 aliphatic heterocycles. The highest BCUT2D eigenvalue weighted by atomic mass is 32.1. The SMILES string of the molecule is CC(=O)c1sc(Nc2ncccn2)nc1-c1ccccn1. The molecule has 3 heterocycles. The first-order valence-corrected chi connectivity index (χ1v) is 7.03. The molecule has 3 aromatic heterocycles. The topological polar surface area (TPSA) is 80.7 Å². The average molecular weight is 297 g/mol. The van der Waals surface area contributed by atoms with Gasteiger partial charge in [0, 0.05) is 25.5 Å². The van der Waals surface area contributed by atoms with Gasteiger partial charge in [0.05, 0.1) is 5.69 Å². The van der Waals surface area contributed by atoms with Crippen molar-refractivity contribution in [2.24, 2.45) is 0 Å². The zero-order chi connectivity index (χ0) is 14.7. The average Bonchev–Trinajstić information content (AvgIpc) is 2.93. The molecule has 21 heavy (non-hydrogen) atoms. The van der Waals surface area contributed by atoms with Crippen LogP contribution in [0.4, 0.5) is 11.1 Å². The largest absolute Gasteiger partial charge is 0.300 e. The van der Waals surface area contributed by atoms with Crippen molar-refractivity contribution in [3.8, 4) is 11.4 Å². The Morgan fingerprint density at radius 1 is 1.10 bits per heavy atom. The number of thiazole rings is 1. The highest BCUT2D eigenvalue weighted by Gasteiger charge is 2.17. The Balaban J connectivity index is 1.99. The van der Waals surface area contributed by atoms with Crippen LogP contribution in [0.5, 0.6) is 0 Å². The Kier molecular flexibility index (Phi) is 3.65. The molecule has 104 valence electrons. The van der Waals surface area contributed by atoms with Crippen LogP contribution in [0.3, 0.4) is 0 Å². The van der Waals surface area contributed by atoms with E-state index in [-0.39, 0.29) is 5.78 Å². The minimum atomic E-state index is -0.0461. The summed E-state index contributed by atoms with van der Waals surface area (Å²) < 4.78 is 0. The van der Waals surface area contributed by atoms with E-state index in [1.807, 2.05) is 18.2 Å². The summed E-state index contributed by atoms with van der Waals surface area (Å²) in [4.78, 5) is 29.2. The second-order valence-electron chi connectivity index (χ2n) is 4.17. The number of pyridine rings is 1. The van der Waals surface area contributed by atoms with Gasteiger partial charge in [0.2, 0.25) is 5.95 Å². The fraction of sp³-hybridized carbons (Fsp3) is 0.0714. The van der Waals surface area contributed by atoms with Gasteiger partial charge in [0.15, 0.2) is 10.9 Å². The smallest absolute Gasteiger partial charge is 0.228 e. The first-order chi connectivity index (χ1) is 10.2. The predicted octanol–water partition coefficient (Wildman–Crippen LogP) is 2.94. The van der Waals surface area contributed by atoms with Crippen molar-refractivity contribution in [1.82, 2.24) is 19.9 Å². The molecule has 0 bridgehead atoms. The number of Topliss-reactive ketones (excluding diaryl/α,β-unsaturated/α-hetero) is 1. The number of hydrogen-bond acceptors (Lipinski definition) is 7. The Bertz CT molecular complexity index is 758. The van der Waals surface area contributed by atoms with Crippen molar-refractivity contribution in [2.75, 3.05) is 5.32 Å². The summed E-state index contributed by atoms with van der Waals surface area (Å²) in [5.41, 5.74) is 1.24. The maximum atomic E-state index is 11.8. The van der Waals surface area contributed by atoms with E-state index >= 15 is 0 Å². The molecule has 0 spiro atoms. The predicted molar refractivity (Wildman–Crippen MR) is 80.7 cm³/mol. The lowest BCUT2D eigenvalue weighted by Gasteiger charge is -1.98. The molecule has 7 heteroatoms. The fourth-order valence-corrected chi connectivity index (χ4v) is 2.61. The number of aromatic nitrogens is 4. The second kappa shape index (κ2) is 5.76. The third-order valence-corrected chi connectivity index (χ3v) is 3.71. The first kappa shape index (κ1) is 13.3. The van der Waals surface area contributed by atoms with E-state index in [0.29, 0.717) is 27.3 Å². The molecule has 1 N–H and O–H groups in total. The Labute approximate surface area is 125 Å². The number of carbonyl (C=O) groups excluding carboxylic acids is 1. The molecule has 0 fully saturated rings. The van der Waals surface area contributed by atoms with E-state index in [0.717, 1.165) is 0 Å². The normalized spacial score (nSPS) is 10.3. The van der Waals surface area contributed by atoms with E-state index in [1.54, 1.807) is 24.7 Å². The second-order valence-corrected chi connectivity index (χ2v) is 5.16. The van der Waals surface area contributed by atoms with Gasteiger partial charge in [-0.1, -0.05) is 17.4 Å². The molecule has 3 rings (SSSR count). The Morgan fingerprint density at radius 3 is 2.52 bits per heavy atom. The van der Waals surface area contributed by atoms with Crippen LogP contribution in [-0.4, -0.2) is 25.7 Å². The summed E-state index contributed by atoms with van der Waals surface area (Å²) in [6, 6.07) is 7.23. The van der Waals surface area contributed by atoms with Gasteiger partial charge >= 0.3 is 0 Å². The lowest BCUT2D eigenvalue weighted by Crippen LogP contribution is -1.95. The molecular formula is C14H11N5OS. The van der Waals surface area contributed by atoms with E-state index in [9.17, 15) is 4.79 Å². The van der Waals surface area contributed by atoms with Gasteiger partial charge in [-0.2, -0.15) is 0 Å². The van der Waals surface area contributed by atoms with E-state index in [2.05, 4.69) is 25.3 Å². The Hall–Kier alpha value is -2.67. The summed E-state index contributed by atoms with van der Waals surface area (Å²) in [6.07, 6.45) is 4.94. The lowest BCUT2D eigenvalue weighted by atomic mass is 10.2. The lowest BCUT2D eigenvalue weighted by molar-refractivity contribution is 0.102. The summed E-state index contributed by atoms with van der Waals surface area (Å²) in [7, 11) is 0. The van der Waals surface area contributed by atoms with Gasteiger partial charge in [-0.05, 0) is 18.2 Å². The van der Waals surface area contributed by atoms with Gasteiger partial charge < -0.3 is 5.32 Å². The van der Waals surface area contributed by atoms with Gasteiger partial charge in [-0.25, -0.2) is 15.0 Å². The fourth-order valence-electron chi connectivity index (χ4n) is 1.75. The summed E-state index contributed by atoms with van der Waals surface area (Å²) in [6.45, 7) is 1.52. The zero-order valence-electron chi connectivity index (χ0n) is 11.1. The highest BCUT2D eigenvalue weighted by molar-refractivity contribution is 7.18. The van der Waals surface area contributed by atoms with Crippen molar-refractivity contribution in [2.45, 2.75) is 6.92 Å². The number of rotatable bonds is 4. The van der Waals surface area contributed by atoms with Crippen LogP contribution in [0.2, 0.25) is 0 Å². The van der Waals surface area contributed by atoms with Crippen molar-refractivity contribution in [3.05, 3.63) is 47.7 Å². The summed E-state index contributed by atoms with van der Waals surface area (Å²) in [5, 5.41) is 3.56. The minimum Gasteiger partial charge on any atom is -0.300 e. The molecule has 0 radical (unpaired) electrons. The van der Waals surface area contributed by atoms with Crippen molar-refractivity contribution < 1.29 is 4.79 Å². The maximum Gasteiger partial charge on any atom is 0.228 e. The van der Waals surface area contributed by atoms with E-state index in [1.165, 1.54) is 18.3 Å². The quantitative estimate of drug-likeness (QED) is 0.746. The molecule has 0 saturated heterocycles. The Morgan fingerprint density at radius 2 is 1.86 bits per heavy atom. The standard InChI is InChI=1S/C14H11N5OS/c1-9(20)12-11(10-5-2-3-6-15-10)18-14(21-12)19-13-16-7-4-8-17-13/h2-8H,1H3,(H,16,17,18,19).